The highest BCUT2D eigenvalue weighted by Gasteiger charge is 2.44. The molecule has 0 fully saturated rings. The Morgan fingerprint density at radius 3 is 1.75 bits per heavy atom. The third kappa shape index (κ3) is 8.52. The van der Waals surface area contributed by atoms with Gasteiger partial charge >= 0.3 is 21.6 Å². The lowest BCUT2D eigenvalue weighted by Gasteiger charge is -2.24. The van der Waals surface area contributed by atoms with Gasteiger partial charge in [0, 0.05) is 5.30 Å². The van der Waals surface area contributed by atoms with Crippen LogP contribution in [0.15, 0.2) is 97.1 Å². The molecule has 4 rings (SSSR count). The maximum absolute atomic E-state index is 12.4. The van der Waals surface area contributed by atoms with Gasteiger partial charge in [-0.15, -0.1) is 0 Å². The molecule has 0 aromatic heterocycles. The van der Waals surface area contributed by atoms with E-state index in [1.807, 2.05) is 57.2 Å². The molecule has 0 heterocycles. The number of benzene rings is 4. The number of halogens is 3. The molecule has 0 saturated carbocycles. The molecule has 0 unspecified atom stereocenters. The summed E-state index contributed by atoms with van der Waals surface area (Å²) in [6.07, 6.45) is 0. The molecule has 0 radical (unpaired) electrons. The van der Waals surface area contributed by atoms with Crippen molar-refractivity contribution >= 4 is 50.7 Å². The second kappa shape index (κ2) is 12.8. The van der Waals surface area contributed by atoms with Crippen molar-refractivity contribution in [2.45, 2.75) is 31.9 Å². The molecule has 0 bridgehead atoms. The van der Waals surface area contributed by atoms with Crippen molar-refractivity contribution in [3.63, 3.8) is 0 Å². The smallest absolute Gasteiger partial charge is 0.481 e. The molecule has 0 spiro atoms. The molecule has 0 aliphatic rings. The van der Waals surface area contributed by atoms with Crippen LogP contribution in [0.3, 0.4) is 0 Å². The molecule has 212 valence electrons. The van der Waals surface area contributed by atoms with E-state index in [0.717, 1.165) is 16.1 Å². The predicted molar refractivity (Wildman–Crippen MR) is 152 cm³/mol. The summed E-state index contributed by atoms with van der Waals surface area (Å²) in [6, 6.07) is 33.4. The summed E-state index contributed by atoms with van der Waals surface area (Å²) >= 11 is 0. The minimum atomic E-state index is -5.84. The van der Waals surface area contributed by atoms with Crippen LogP contribution in [0.4, 0.5) is 13.2 Å². The lowest BCUT2D eigenvalue weighted by atomic mass is 10.1. The summed E-state index contributed by atoms with van der Waals surface area (Å²) in [6.45, 7) is 5.44. The van der Waals surface area contributed by atoms with Crippen molar-refractivity contribution in [2.24, 2.45) is 0 Å². The standard InChI is InChI=1S/C28H27O3P.CHF3O3S/c1-28(2,3)31-26(29)20-30-25-19-18-21-12-10-11-17-24(21)27(25)32(22-13-6-4-7-14-22)23-15-8-5-9-16-23;2-1(3,4)8(5,6)7/h4-19H,20H2,1-3H3;(H,5,6,7). The van der Waals surface area contributed by atoms with E-state index in [9.17, 15) is 18.0 Å². The van der Waals surface area contributed by atoms with Gasteiger partial charge in [0.05, 0.1) is 0 Å². The molecule has 0 atom stereocenters. The Balaban J connectivity index is 0.000000482. The quantitative estimate of drug-likeness (QED) is 0.134. The molecule has 0 aliphatic carbocycles. The van der Waals surface area contributed by atoms with Gasteiger partial charge in [0.1, 0.15) is 11.4 Å². The van der Waals surface area contributed by atoms with Crippen LogP contribution >= 0.6 is 7.92 Å². The second-order valence-corrected chi connectivity index (χ2v) is 13.0. The number of alkyl halides is 3. The third-order valence-electron chi connectivity index (χ3n) is 5.17. The molecule has 40 heavy (non-hydrogen) atoms. The zero-order chi connectivity index (χ0) is 29.6. The van der Waals surface area contributed by atoms with Crippen LogP contribution in [0, 0.1) is 0 Å². The summed E-state index contributed by atoms with van der Waals surface area (Å²) in [7, 11) is -6.74. The van der Waals surface area contributed by atoms with Crippen molar-refractivity contribution in [1.29, 1.82) is 0 Å². The summed E-state index contributed by atoms with van der Waals surface area (Å²) in [4.78, 5) is 12.4. The molecule has 0 saturated heterocycles. The maximum atomic E-state index is 12.4. The van der Waals surface area contributed by atoms with Crippen LogP contribution in [0.1, 0.15) is 20.8 Å². The van der Waals surface area contributed by atoms with Gasteiger partial charge in [-0.2, -0.15) is 21.6 Å². The zero-order valence-electron chi connectivity index (χ0n) is 21.9. The summed E-state index contributed by atoms with van der Waals surface area (Å²) in [5.74, 6) is 0.341. The van der Waals surface area contributed by atoms with Gasteiger partial charge in [0.15, 0.2) is 6.61 Å². The zero-order valence-corrected chi connectivity index (χ0v) is 23.6. The van der Waals surface area contributed by atoms with Crippen LogP contribution in [-0.2, 0) is 19.6 Å². The average Bonchev–Trinajstić information content (AvgIpc) is 2.88. The van der Waals surface area contributed by atoms with E-state index < -0.39 is 29.1 Å². The van der Waals surface area contributed by atoms with E-state index in [-0.39, 0.29) is 12.6 Å². The van der Waals surface area contributed by atoms with Gasteiger partial charge in [-0.05, 0) is 56.1 Å². The predicted octanol–water partition coefficient (Wildman–Crippen LogP) is 5.71. The summed E-state index contributed by atoms with van der Waals surface area (Å²) in [5, 5.41) is 5.85. The maximum Gasteiger partial charge on any atom is 0.522 e. The highest BCUT2D eigenvalue weighted by molar-refractivity contribution is 7.86. The van der Waals surface area contributed by atoms with Crippen LogP contribution in [0.2, 0.25) is 0 Å². The van der Waals surface area contributed by atoms with E-state index in [0.29, 0.717) is 5.75 Å². The van der Waals surface area contributed by atoms with E-state index in [4.69, 9.17) is 22.4 Å². The van der Waals surface area contributed by atoms with Gasteiger partial charge < -0.3 is 9.47 Å². The number of hydrogen-bond donors (Lipinski definition) is 1. The highest BCUT2D eigenvalue weighted by Crippen LogP contribution is 2.39. The molecule has 0 aliphatic heterocycles. The van der Waals surface area contributed by atoms with Gasteiger partial charge in [-0.3, -0.25) is 4.55 Å². The Morgan fingerprint density at radius 1 is 0.800 bits per heavy atom. The average molecular weight is 593 g/mol. The number of hydrogen-bond acceptors (Lipinski definition) is 5. The van der Waals surface area contributed by atoms with E-state index in [2.05, 4.69) is 60.7 Å². The van der Waals surface area contributed by atoms with Crippen molar-refractivity contribution in [3.05, 3.63) is 97.1 Å². The number of carbonyl (C=O) groups excluding carboxylic acids is 1. The largest absolute Gasteiger partial charge is 0.522 e. The summed E-state index contributed by atoms with van der Waals surface area (Å²) in [5.41, 5.74) is -6.08. The molecule has 4 aromatic carbocycles. The number of rotatable bonds is 6. The summed E-state index contributed by atoms with van der Waals surface area (Å²) < 4.78 is 69.1. The van der Waals surface area contributed by atoms with Crippen LogP contribution in [-0.4, -0.2) is 36.7 Å². The Bertz CT molecular complexity index is 1500. The fourth-order valence-electron chi connectivity index (χ4n) is 3.65. The first kappa shape index (κ1) is 31.1. The van der Waals surface area contributed by atoms with E-state index in [1.54, 1.807) is 0 Å². The lowest BCUT2D eigenvalue weighted by molar-refractivity contribution is -0.157. The molecule has 0 amide bonds. The molecular weight excluding hydrogens is 564 g/mol. The fourth-order valence-corrected chi connectivity index (χ4v) is 6.21. The molecule has 4 aromatic rings. The van der Waals surface area contributed by atoms with Gasteiger partial charge in [-0.25, -0.2) is 4.79 Å². The number of esters is 1. The lowest BCUT2D eigenvalue weighted by Crippen LogP contribution is -2.29. The van der Waals surface area contributed by atoms with Gasteiger partial charge in [-0.1, -0.05) is 91.0 Å². The highest BCUT2D eigenvalue weighted by atomic mass is 32.2. The first-order chi connectivity index (χ1) is 18.7. The number of ether oxygens (including phenoxy) is 2. The van der Waals surface area contributed by atoms with E-state index >= 15 is 0 Å². The van der Waals surface area contributed by atoms with Gasteiger partial charge in [0.2, 0.25) is 0 Å². The number of fused-ring (bicyclic) bond motifs is 1. The van der Waals surface area contributed by atoms with Crippen molar-refractivity contribution in [2.75, 3.05) is 6.61 Å². The van der Waals surface area contributed by atoms with Crippen molar-refractivity contribution in [3.8, 4) is 5.75 Å². The minimum Gasteiger partial charge on any atom is -0.481 e. The Hall–Kier alpha value is -3.46. The second-order valence-electron chi connectivity index (χ2n) is 9.44. The first-order valence-corrected chi connectivity index (χ1v) is 14.8. The fraction of sp³-hybridized carbons (Fsp3) is 0.207. The van der Waals surface area contributed by atoms with Crippen LogP contribution < -0.4 is 20.7 Å². The molecular formula is C29H28F3O6PS. The Labute approximate surface area is 232 Å². The molecule has 6 nitrogen and oxygen atoms in total. The van der Waals surface area contributed by atoms with Crippen LogP contribution in [0.25, 0.3) is 10.8 Å². The SMILES string of the molecule is CC(C)(C)OC(=O)COc1ccc2ccccc2c1P(c1ccccc1)c1ccccc1.O=S(=O)(O)C(F)(F)F. The van der Waals surface area contributed by atoms with Gasteiger partial charge in [0.25, 0.3) is 0 Å². The monoisotopic (exact) mass is 592 g/mol. The van der Waals surface area contributed by atoms with Crippen LogP contribution in [0.5, 0.6) is 5.75 Å². The van der Waals surface area contributed by atoms with Crippen molar-refractivity contribution in [1.82, 2.24) is 0 Å². The topological polar surface area (TPSA) is 89.9 Å². The molecule has 1 N–H and O–H groups in total. The van der Waals surface area contributed by atoms with Crippen molar-refractivity contribution < 1.29 is 40.4 Å². The first-order valence-electron chi connectivity index (χ1n) is 12.0. The molecule has 11 heteroatoms. The third-order valence-corrected chi connectivity index (χ3v) is 8.30. The Kier molecular flexibility index (Phi) is 9.95. The van der Waals surface area contributed by atoms with E-state index in [1.165, 1.54) is 10.6 Å². The number of carbonyl (C=O) groups is 1. The minimum absolute atomic E-state index is 0.130. The normalized spacial score (nSPS) is 12.0. The Morgan fingerprint density at radius 2 is 1.27 bits per heavy atom.